The Hall–Kier alpha value is -1.55. The van der Waals surface area contributed by atoms with Gasteiger partial charge in [0.1, 0.15) is 21.4 Å². The Kier molecular flexibility index (Phi) is 5.01. The highest BCUT2D eigenvalue weighted by Crippen LogP contribution is 2.24. The molecule has 5 nitrogen and oxygen atoms in total. The molecule has 2 aromatic rings. The first-order chi connectivity index (χ1) is 10.9. The predicted molar refractivity (Wildman–Crippen MR) is 82.3 cm³/mol. The third-order valence-electron chi connectivity index (χ3n) is 2.91. The average molecular weight is 415 g/mol. The first-order valence-corrected chi connectivity index (χ1v) is 10.6. The zero-order valence-corrected chi connectivity index (χ0v) is 14.5. The third-order valence-corrected chi connectivity index (χ3v) is 5.59. The van der Waals surface area contributed by atoms with Gasteiger partial charge in [-0.3, -0.25) is 4.79 Å². The molecule has 0 aromatic heterocycles. The second kappa shape index (κ2) is 6.40. The van der Waals surface area contributed by atoms with Crippen LogP contribution in [-0.2, 0) is 18.1 Å². The summed E-state index contributed by atoms with van der Waals surface area (Å²) in [6, 6.07) is 4.76. The van der Waals surface area contributed by atoms with Crippen LogP contribution in [0.5, 0.6) is 0 Å². The Balaban J connectivity index is 2.59. The molecule has 2 aromatic carbocycles. The maximum atomic E-state index is 13.5. The lowest BCUT2D eigenvalue weighted by molar-refractivity contribution is 0.103. The molecule has 0 spiro atoms. The summed E-state index contributed by atoms with van der Waals surface area (Å²) < 4.78 is 72.0. The summed E-state index contributed by atoms with van der Waals surface area (Å²) in [6.07, 6.45) is 0. The number of benzene rings is 2. The van der Waals surface area contributed by atoms with Crippen molar-refractivity contribution < 1.29 is 30.4 Å². The summed E-state index contributed by atoms with van der Waals surface area (Å²) in [5.74, 6) is -3.20. The molecular formula is C13H6Cl2F2O5S2. The smallest absolute Gasteiger partial charge is 0.264 e. The monoisotopic (exact) mass is 414 g/mol. The standard InChI is InChI=1S/C13H6Cl2F2O5S2/c14-23(19,20)11-5-7(1-3-9(11)16)13(18)8-2-4-10(17)12(6-8)24(15,21)22/h1-6H. The van der Waals surface area contributed by atoms with Crippen molar-refractivity contribution >= 4 is 45.2 Å². The van der Waals surface area contributed by atoms with E-state index in [2.05, 4.69) is 0 Å². The number of hydrogen-bond donors (Lipinski definition) is 0. The first kappa shape index (κ1) is 18.8. The van der Waals surface area contributed by atoms with Gasteiger partial charge in [-0.2, -0.15) is 0 Å². The van der Waals surface area contributed by atoms with Crippen LogP contribution in [0.15, 0.2) is 46.2 Å². The first-order valence-electron chi connectivity index (χ1n) is 5.94. The summed E-state index contributed by atoms with van der Waals surface area (Å²) in [5, 5.41) is 0. The molecule has 0 bridgehead atoms. The molecule has 11 heteroatoms. The van der Waals surface area contributed by atoms with Gasteiger partial charge in [0.15, 0.2) is 5.78 Å². The number of carbonyl (C=O) groups excluding carboxylic acids is 1. The fourth-order valence-electron chi connectivity index (χ4n) is 1.83. The lowest BCUT2D eigenvalue weighted by Crippen LogP contribution is -2.06. The largest absolute Gasteiger partial charge is 0.289 e. The van der Waals surface area contributed by atoms with Crippen molar-refractivity contribution in [3.63, 3.8) is 0 Å². The molecule has 0 aliphatic rings. The molecule has 0 amide bonds. The number of rotatable bonds is 4. The molecule has 0 radical (unpaired) electrons. The van der Waals surface area contributed by atoms with Gasteiger partial charge in [0.05, 0.1) is 0 Å². The van der Waals surface area contributed by atoms with E-state index in [1.807, 2.05) is 0 Å². The van der Waals surface area contributed by atoms with Crippen LogP contribution in [0.3, 0.4) is 0 Å². The summed E-state index contributed by atoms with van der Waals surface area (Å²) in [7, 11) is 1.25. The van der Waals surface area contributed by atoms with E-state index < -0.39 is 45.3 Å². The van der Waals surface area contributed by atoms with E-state index >= 15 is 0 Å². The minimum Gasteiger partial charge on any atom is -0.289 e. The predicted octanol–water partition coefficient (Wildman–Crippen LogP) is 3.05. The van der Waals surface area contributed by atoms with Gasteiger partial charge in [-0.25, -0.2) is 25.6 Å². The zero-order valence-electron chi connectivity index (χ0n) is 11.3. The quantitative estimate of drug-likeness (QED) is 0.566. The van der Waals surface area contributed by atoms with Gasteiger partial charge < -0.3 is 0 Å². The van der Waals surface area contributed by atoms with Gasteiger partial charge in [0.25, 0.3) is 18.1 Å². The average Bonchev–Trinajstić information content (AvgIpc) is 2.45. The molecule has 0 atom stereocenters. The Labute approximate surface area is 144 Å². The van der Waals surface area contributed by atoms with Crippen LogP contribution in [0, 0.1) is 11.6 Å². The van der Waals surface area contributed by atoms with Gasteiger partial charge in [0, 0.05) is 32.5 Å². The van der Waals surface area contributed by atoms with Gasteiger partial charge in [-0.1, -0.05) is 0 Å². The van der Waals surface area contributed by atoms with Crippen molar-refractivity contribution in [3.8, 4) is 0 Å². The zero-order chi connectivity index (χ0) is 18.3. The van der Waals surface area contributed by atoms with Crippen molar-refractivity contribution in [2.24, 2.45) is 0 Å². The highest BCUT2D eigenvalue weighted by Gasteiger charge is 2.22. The maximum Gasteiger partial charge on any atom is 0.264 e. The molecule has 0 aliphatic heterocycles. The molecule has 128 valence electrons. The lowest BCUT2D eigenvalue weighted by atomic mass is 10.0. The van der Waals surface area contributed by atoms with Gasteiger partial charge >= 0.3 is 0 Å². The van der Waals surface area contributed by atoms with Crippen LogP contribution >= 0.6 is 21.4 Å². The summed E-state index contributed by atoms with van der Waals surface area (Å²) in [6.45, 7) is 0. The minimum absolute atomic E-state index is 0.292. The van der Waals surface area contributed by atoms with Crippen molar-refractivity contribution in [1.29, 1.82) is 0 Å². The van der Waals surface area contributed by atoms with Crippen LogP contribution in [-0.4, -0.2) is 22.6 Å². The van der Waals surface area contributed by atoms with E-state index in [0.29, 0.717) is 24.3 Å². The molecule has 0 fully saturated rings. The Bertz CT molecular complexity index is 967. The Morgan fingerprint density at radius 2 is 1.08 bits per heavy atom. The summed E-state index contributed by atoms with van der Waals surface area (Å²) in [4.78, 5) is 10.5. The van der Waals surface area contributed by atoms with Gasteiger partial charge in [-0.05, 0) is 36.4 Å². The van der Waals surface area contributed by atoms with Crippen LogP contribution in [0.2, 0.25) is 0 Å². The molecule has 0 saturated carbocycles. The number of carbonyl (C=O) groups is 1. The molecule has 0 unspecified atom stereocenters. The van der Waals surface area contributed by atoms with Gasteiger partial charge in [0.2, 0.25) is 0 Å². The topological polar surface area (TPSA) is 85.3 Å². The molecule has 0 heterocycles. The van der Waals surface area contributed by atoms with E-state index in [4.69, 9.17) is 21.4 Å². The molecule has 24 heavy (non-hydrogen) atoms. The molecule has 2 rings (SSSR count). The molecule has 0 aliphatic carbocycles. The molecule has 0 N–H and O–H groups in total. The van der Waals surface area contributed by atoms with Crippen LogP contribution in [0.4, 0.5) is 8.78 Å². The summed E-state index contributed by atoms with van der Waals surface area (Å²) in [5.41, 5.74) is -0.583. The van der Waals surface area contributed by atoms with Gasteiger partial charge in [-0.15, -0.1) is 0 Å². The normalized spacial score (nSPS) is 12.2. The SMILES string of the molecule is O=C(c1ccc(F)c(S(=O)(=O)Cl)c1)c1ccc(F)c(S(=O)(=O)Cl)c1. The third kappa shape index (κ3) is 3.92. The van der Waals surface area contributed by atoms with Crippen LogP contribution < -0.4 is 0 Å². The van der Waals surface area contributed by atoms with Crippen LogP contribution in [0.1, 0.15) is 15.9 Å². The highest BCUT2D eigenvalue weighted by atomic mass is 35.7. The fourth-order valence-corrected chi connectivity index (χ4v) is 3.68. The van der Waals surface area contributed by atoms with Crippen molar-refractivity contribution in [2.45, 2.75) is 9.79 Å². The number of hydrogen-bond acceptors (Lipinski definition) is 5. The Morgan fingerprint density at radius 3 is 1.38 bits per heavy atom. The number of ketones is 1. The van der Waals surface area contributed by atoms with E-state index in [1.165, 1.54) is 0 Å². The second-order valence-electron chi connectivity index (χ2n) is 4.50. The van der Waals surface area contributed by atoms with E-state index in [9.17, 15) is 30.4 Å². The summed E-state index contributed by atoms with van der Waals surface area (Å²) >= 11 is 0. The number of halogens is 4. The lowest BCUT2D eigenvalue weighted by Gasteiger charge is -2.06. The van der Waals surface area contributed by atoms with Crippen molar-refractivity contribution in [1.82, 2.24) is 0 Å². The molecule has 0 saturated heterocycles. The fraction of sp³-hybridized carbons (Fsp3) is 0. The van der Waals surface area contributed by atoms with E-state index in [0.717, 1.165) is 12.1 Å². The van der Waals surface area contributed by atoms with Crippen molar-refractivity contribution in [2.75, 3.05) is 0 Å². The van der Waals surface area contributed by atoms with E-state index in [1.54, 1.807) is 0 Å². The Morgan fingerprint density at radius 1 is 0.750 bits per heavy atom. The maximum absolute atomic E-state index is 13.5. The highest BCUT2D eigenvalue weighted by molar-refractivity contribution is 8.14. The van der Waals surface area contributed by atoms with Crippen molar-refractivity contribution in [3.05, 3.63) is 59.2 Å². The second-order valence-corrected chi connectivity index (χ2v) is 9.56. The van der Waals surface area contributed by atoms with E-state index in [-0.39, 0.29) is 11.1 Å². The molecular weight excluding hydrogens is 409 g/mol. The minimum atomic E-state index is -4.44. The van der Waals surface area contributed by atoms with Crippen LogP contribution in [0.25, 0.3) is 0 Å².